The molecule has 5 heteroatoms. The zero-order chi connectivity index (χ0) is 14.8. The van der Waals surface area contributed by atoms with E-state index in [9.17, 15) is 0 Å². The number of benzene rings is 2. The summed E-state index contributed by atoms with van der Waals surface area (Å²) in [6.07, 6.45) is 5.25. The maximum atomic E-state index is 4.48. The van der Waals surface area contributed by atoms with Gasteiger partial charge in [-0.3, -0.25) is 4.57 Å². The third-order valence-electron chi connectivity index (χ3n) is 3.40. The van der Waals surface area contributed by atoms with Crippen LogP contribution in [0.15, 0.2) is 73.3 Å². The summed E-state index contributed by atoms with van der Waals surface area (Å²) in [4.78, 5) is 12.8. The minimum absolute atomic E-state index is 0.573. The summed E-state index contributed by atoms with van der Waals surface area (Å²) in [5, 5.41) is 3.17. The molecule has 5 nitrogen and oxygen atoms in total. The summed E-state index contributed by atoms with van der Waals surface area (Å²) < 4.78 is 2.07. The number of anilines is 2. The Balaban J connectivity index is 1.71. The quantitative estimate of drug-likeness (QED) is 0.626. The molecule has 0 spiro atoms. The first-order valence-electron chi connectivity index (χ1n) is 6.97. The fourth-order valence-electron chi connectivity index (χ4n) is 2.38. The lowest BCUT2D eigenvalue weighted by molar-refractivity contribution is 1.09. The zero-order valence-corrected chi connectivity index (χ0v) is 11.7. The highest BCUT2D eigenvalue weighted by Gasteiger charge is 2.06. The number of hydrogen-bond donors (Lipinski definition) is 1. The predicted molar refractivity (Wildman–Crippen MR) is 86.4 cm³/mol. The molecule has 0 aliphatic heterocycles. The van der Waals surface area contributed by atoms with Gasteiger partial charge in [-0.05, 0) is 36.4 Å². The van der Waals surface area contributed by atoms with Crippen LogP contribution in [-0.4, -0.2) is 19.5 Å². The lowest BCUT2D eigenvalue weighted by atomic mass is 10.2. The van der Waals surface area contributed by atoms with Gasteiger partial charge in [-0.1, -0.05) is 18.2 Å². The number of nitrogens with zero attached hydrogens (tertiary/aromatic N) is 4. The van der Waals surface area contributed by atoms with Crippen LogP contribution in [-0.2, 0) is 0 Å². The molecule has 106 valence electrons. The average Bonchev–Trinajstić information content (AvgIpc) is 3.00. The molecule has 0 unspecified atom stereocenters. The molecule has 2 aromatic heterocycles. The molecule has 0 radical (unpaired) electrons. The van der Waals surface area contributed by atoms with E-state index in [1.807, 2.05) is 42.7 Å². The molecule has 22 heavy (non-hydrogen) atoms. The minimum atomic E-state index is 0.573. The second-order valence-electron chi connectivity index (χ2n) is 4.85. The number of hydrogen-bond acceptors (Lipinski definition) is 4. The van der Waals surface area contributed by atoms with E-state index >= 15 is 0 Å². The van der Waals surface area contributed by atoms with Gasteiger partial charge in [0.15, 0.2) is 0 Å². The van der Waals surface area contributed by atoms with Crippen molar-refractivity contribution in [1.82, 2.24) is 19.5 Å². The first-order chi connectivity index (χ1) is 10.9. The van der Waals surface area contributed by atoms with Crippen molar-refractivity contribution >= 4 is 22.7 Å². The molecule has 0 atom stereocenters. The molecular weight excluding hydrogens is 274 g/mol. The summed E-state index contributed by atoms with van der Waals surface area (Å²) in [5.41, 5.74) is 3.99. The fourth-order valence-corrected chi connectivity index (χ4v) is 2.38. The number of imidazole rings is 1. The normalized spacial score (nSPS) is 10.7. The van der Waals surface area contributed by atoms with Crippen LogP contribution in [0.3, 0.4) is 0 Å². The molecule has 0 saturated heterocycles. The Hall–Kier alpha value is -3.21. The Morgan fingerprint density at radius 1 is 0.818 bits per heavy atom. The van der Waals surface area contributed by atoms with Crippen LogP contribution in [0.5, 0.6) is 0 Å². The molecule has 0 aliphatic carbocycles. The molecule has 2 heterocycles. The second kappa shape index (κ2) is 5.29. The van der Waals surface area contributed by atoms with Gasteiger partial charge < -0.3 is 5.32 Å². The molecule has 1 N–H and O–H groups in total. The third kappa shape index (κ3) is 2.29. The molecule has 0 bridgehead atoms. The van der Waals surface area contributed by atoms with Crippen LogP contribution < -0.4 is 5.32 Å². The van der Waals surface area contributed by atoms with E-state index in [-0.39, 0.29) is 0 Å². The maximum Gasteiger partial charge on any atom is 0.227 e. The summed E-state index contributed by atoms with van der Waals surface area (Å²) in [6, 6.07) is 18.0. The van der Waals surface area contributed by atoms with Gasteiger partial charge in [0.1, 0.15) is 6.33 Å². The van der Waals surface area contributed by atoms with Gasteiger partial charge in [0.05, 0.1) is 11.0 Å². The van der Waals surface area contributed by atoms with Crippen LogP contribution in [0.2, 0.25) is 0 Å². The van der Waals surface area contributed by atoms with E-state index in [0.29, 0.717) is 5.95 Å². The summed E-state index contributed by atoms with van der Waals surface area (Å²) in [6.45, 7) is 0. The van der Waals surface area contributed by atoms with Crippen molar-refractivity contribution in [1.29, 1.82) is 0 Å². The highest BCUT2D eigenvalue weighted by Crippen LogP contribution is 2.22. The van der Waals surface area contributed by atoms with Crippen LogP contribution >= 0.6 is 0 Å². The van der Waals surface area contributed by atoms with Crippen molar-refractivity contribution in [2.75, 3.05) is 5.32 Å². The smallest absolute Gasteiger partial charge is 0.227 e. The zero-order valence-electron chi connectivity index (χ0n) is 11.7. The molecule has 0 aliphatic rings. The van der Waals surface area contributed by atoms with Gasteiger partial charge in [-0.2, -0.15) is 0 Å². The molecular formula is C17H13N5. The largest absolute Gasteiger partial charge is 0.324 e. The van der Waals surface area contributed by atoms with Crippen LogP contribution in [0.1, 0.15) is 0 Å². The van der Waals surface area contributed by atoms with Crippen molar-refractivity contribution in [3.8, 4) is 5.69 Å². The number of nitrogens with one attached hydrogen (secondary N) is 1. The molecule has 4 rings (SSSR count). The summed E-state index contributed by atoms with van der Waals surface area (Å²) >= 11 is 0. The first-order valence-corrected chi connectivity index (χ1v) is 6.97. The number of para-hydroxylation sites is 1. The highest BCUT2D eigenvalue weighted by atomic mass is 15.1. The van der Waals surface area contributed by atoms with E-state index in [2.05, 4.69) is 37.0 Å². The third-order valence-corrected chi connectivity index (χ3v) is 3.40. The van der Waals surface area contributed by atoms with E-state index in [1.54, 1.807) is 18.5 Å². The average molecular weight is 287 g/mol. The van der Waals surface area contributed by atoms with E-state index in [1.165, 1.54) is 0 Å². The van der Waals surface area contributed by atoms with Gasteiger partial charge in [-0.15, -0.1) is 0 Å². The standard InChI is InChI=1S/C17H13N5/c1-2-5-14(6-3-1)22-12-20-15-11-13(7-8-16(15)22)21-17-18-9-4-10-19-17/h1-12H,(H,18,19,21). The topological polar surface area (TPSA) is 55.6 Å². The van der Waals surface area contributed by atoms with Crippen LogP contribution in [0, 0.1) is 0 Å². The summed E-state index contributed by atoms with van der Waals surface area (Å²) in [5.74, 6) is 0.573. The SMILES string of the molecule is c1ccc(-n2cnc3cc(Nc4ncccn4)ccc32)cc1. The second-order valence-corrected chi connectivity index (χ2v) is 4.85. The van der Waals surface area contributed by atoms with Crippen LogP contribution in [0.25, 0.3) is 16.7 Å². The van der Waals surface area contributed by atoms with Gasteiger partial charge in [0.25, 0.3) is 0 Å². The molecule has 4 aromatic rings. The maximum absolute atomic E-state index is 4.48. The Morgan fingerprint density at radius 3 is 2.45 bits per heavy atom. The summed E-state index contributed by atoms with van der Waals surface area (Å²) in [7, 11) is 0. The van der Waals surface area contributed by atoms with Crippen molar-refractivity contribution in [2.24, 2.45) is 0 Å². The first kappa shape index (κ1) is 12.5. The van der Waals surface area contributed by atoms with E-state index in [0.717, 1.165) is 22.4 Å². The van der Waals surface area contributed by atoms with Crippen molar-refractivity contribution in [3.05, 3.63) is 73.3 Å². The van der Waals surface area contributed by atoms with Crippen molar-refractivity contribution in [2.45, 2.75) is 0 Å². The van der Waals surface area contributed by atoms with Crippen molar-refractivity contribution < 1.29 is 0 Å². The highest BCUT2D eigenvalue weighted by molar-refractivity contribution is 5.81. The van der Waals surface area contributed by atoms with Gasteiger partial charge in [-0.25, -0.2) is 15.0 Å². The number of rotatable bonds is 3. The lowest BCUT2D eigenvalue weighted by Crippen LogP contribution is -1.96. The Morgan fingerprint density at radius 2 is 1.64 bits per heavy atom. The fraction of sp³-hybridized carbons (Fsp3) is 0. The predicted octanol–water partition coefficient (Wildman–Crippen LogP) is 3.56. The Kier molecular flexibility index (Phi) is 3.01. The lowest BCUT2D eigenvalue weighted by Gasteiger charge is -2.06. The van der Waals surface area contributed by atoms with Crippen molar-refractivity contribution in [3.63, 3.8) is 0 Å². The van der Waals surface area contributed by atoms with E-state index in [4.69, 9.17) is 0 Å². The van der Waals surface area contributed by atoms with Gasteiger partial charge in [0, 0.05) is 23.8 Å². The van der Waals surface area contributed by atoms with Gasteiger partial charge in [0.2, 0.25) is 5.95 Å². The van der Waals surface area contributed by atoms with Crippen LogP contribution in [0.4, 0.5) is 11.6 Å². The molecule has 0 fully saturated rings. The van der Waals surface area contributed by atoms with E-state index < -0.39 is 0 Å². The Labute approximate surface area is 127 Å². The minimum Gasteiger partial charge on any atom is -0.324 e. The number of aromatic nitrogens is 4. The molecule has 0 saturated carbocycles. The molecule has 2 aromatic carbocycles. The number of fused-ring (bicyclic) bond motifs is 1. The van der Waals surface area contributed by atoms with Gasteiger partial charge >= 0.3 is 0 Å². The molecule has 0 amide bonds. The Bertz CT molecular complexity index is 900. The monoisotopic (exact) mass is 287 g/mol.